The topological polar surface area (TPSA) is 84.3 Å². The fourth-order valence-electron chi connectivity index (χ4n) is 2.45. The molecule has 1 heterocycles. The number of aromatic carboxylic acids is 1. The van der Waals surface area contributed by atoms with Crippen LogP contribution in [0.15, 0.2) is 6.20 Å². The number of nitrogens with zero attached hydrogens (tertiary/aromatic N) is 2. The molecule has 1 aromatic rings. The van der Waals surface area contributed by atoms with Gasteiger partial charge in [-0.25, -0.2) is 14.8 Å². The second-order valence-corrected chi connectivity index (χ2v) is 5.46. The van der Waals surface area contributed by atoms with E-state index in [-0.39, 0.29) is 23.8 Å². The van der Waals surface area contributed by atoms with Crippen molar-refractivity contribution in [2.75, 3.05) is 12.4 Å². The van der Waals surface area contributed by atoms with Gasteiger partial charge in [-0.05, 0) is 19.3 Å². The number of rotatable bonds is 5. The number of methoxy groups -OCH3 is 1. The Bertz CT molecular complexity index is 491. The van der Waals surface area contributed by atoms with Crippen molar-refractivity contribution in [3.05, 3.63) is 17.7 Å². The summed E-state index contributed by atoms with van der Waals surface area (Å²) in [6.07, 6.45) is 4.65. The van der Waals surface area contributed by atoms with Gasteiger partial charge in [-0.3, -0.25) is 0 Å². The van der Waals surface area contributed by atoms with E-state index < -0.39 is 5.97 Å². The molecule has 1 aliphatic carbocycles. The van der Waals surface area contributed by atoms with Crippen molar-refractivity contribution in [3.8, 4) is 0 Å². The molecule has 6 heteroatoms. The second kappa shape index (κ2) is 6.17. The van der Waals surface area contributed by atoms with Crippen LogP contribution in [-0.2, 0) is 4.74 Å². The van der Waals surface area contributed by atoms with Gasteiger partial charge in [0.25, 0.3) is 0 Å². The number of hydrogen-bond donors (Lipinski definition) is 2. The summed E-state index contributed by atoms with van der Waals surface area (Å²) in [6, 6.07) is 0.214. The fourth-order valence-corrected chi connectivity index (χ4v) is 2.45. The summed E-state index contributed by atoms with van der Waals surface area (Å²) >= 11 is 0. The van der Waals surface area contributed by atoms with Gasteiger partial charge in [0.1, 0.15) is 5.82 Å². The van der Waals surface area contributed by atoms with E-state index in [1.54, 1.807) is 13.3 Å². The largest absolute Gasteiger partial charge is 0.476 e. The van der Waals surface area contributed by atoms with Crippen molar-refractivity contribution < 1.29 is 14.6 Å². The molecule has 0 amide bonds. The molecule has 0 spiro atoms. The van der Waals surface area contributed by atoms with Crippen LogP contribution < -0.4 is 5.32 Å². The van der Waals surface area contributed by atoms with Crippen LogP contribution in [0, 0.1) is 0 Å². The van der Waals surface area contributed by atoms with Gasteiger partial charge < -0.3 is 15.2 Å². The van der Waals surface area contributed by atoms with E-state index in [4.69, 9.17) is 4.74 Å². The first-order chi connectivity index (χ1) is 9.51. The van der Waals surface area contributed by atoms with Gasteiger partial charge in [-0.2, -0.15) is 0 Å². The molecule has 1 aromatic heterocycles. The molecule has 1 fully saturated rings. The molecule has 6 nitrogen and oxygen atoms in total. The smallest absolute Gasteiger partial charge is 0.356 e. The summed E-state index contributed by atoms with van der Waals surface area (Å²) in [5.41, 5.74) is 0.535. The molecule has 0 bridgehead atoms. The number of ether oxygens (including phenoxy) is 1. The van der Waals surface area contributed by atoms with Crippen LogP contribution >= 0.6 is 0 Å². The third-order valence-corrected chi connectivity index (χ3v) is 3.60. The normalized spacial score (nSPS) is 22.2. The number of aromatic nitrogens is 2. The maximum atomic E-state index is 11.3. The fraction of sp³-hybridized carbons (Fsp3) is 0.643. The van der Waals surface area contributed by atoms with Crippen LogP contribution in [0.4, 0.5) is 5.69 Å². The average Bonchev–Trinajstić information content (AvgIpc) is 2.86. The Morgan fingerprint density at radius 1 is 1.50 bits per heavy atom. The lowest BCUT2D eigenvalue weighted by molar-refractivity contribution is 0.0691. The van der Waals surface area contributed by atoms with E-state index in [0.29, 0.717) is 11.5 Å². The highest BCUT2D eigenvalue weighted by Gasteiger charge is 2.26. The molecular weight excluding hydrogens is 258 g/mol. The molecule has 0 radical (unpaired) electrons. The highest BCUT2D eigenvalue weighted by molar-refractivity contribution is 5.91. The predicted molar refractivity (Wildman–Crippen MR) is 75.1 cm³/mol. The third kappa shape index (κ3) is 3.25. The van der Waals surface area contributed by atoms with E-state index in [9.17, 15) is 9.90 Å². The standard InChI is InChI=1S/C14H21N3O3/c1-8(2)13-15-7-11(12(17-13)14(18)19)16-9-4-5-10(6-9)20-3/h7-10,16H,4-6H2,1-3H3,(H,18,19). The summed E-state index contributed by atoms with van der Waals surface area (Å²) in [7, 11) is 1.70. The third-order valence-electron chi connectivity index (χ3n) is 3.60. The minimum Gasteiger partial charge on any atom is -0.476 e. The van der Waals surface area contributed by atoms with Crippen molar-refractivity contribution in [3.63, 3.8) is 0 Å². The van der Waals surface area contributed by atoms with E-state index >= 15 is 0 Å². The zero-order chi connectivity index (χ0) is 14.7. The Kier molecular flexibility index (Phi) is 4.54. The first-order valence-corrected chi connectivity index (χ1v) is 6.90. The molecule has 0 aliphatic heterocycles. The van der Waals surface area contributed by atoms with E-state index in [0.717, 1.165) is 19.3 Å². The van der Waals surface area contributed by atoms with Gasteiger partial charge in [-0.15, -0.1) is 0 Å². The second-order valence-electron chi connectivity index (χ2n) is 5.46. The molecule has 110 valence electrons. The molecular formula is C14H21N3O3. The maximum Gasteiger partial charge on any atom is 0.356 e. The van der Waals surface area contributed by atoms with E-state index in [2.05, 4.69) is 15.3 Å². The summed E-state index contributed by atoms with van der Waals surface area (Å²) in [6.45, 7) is 3.88. The minimum atomic E-state index is -1.03. The molecule has 2 unspecified atom stereocenters. The van der Waals surface area contributed by atoms with Gasteiger partial charge in [0.15, 0.2) is 5.69 Å². The number of hydrogen-bond acceptors (Lipinski definition) is 5. The number of carboxylic acids is 1. The lowest BCUT2D eigenvalue weighted by Gasteiger charge is -2.16. The van der Waals surface area contributed by atoms with Crippen LogP contribution in [0.1, 0.15) is 55.3 Å². The van der Waals surface area contributed by atoms with Gasteiger partial charge in [0, 0.05) is 19.1 Å². The van der Waals surface area contributed by atoms with Crippen molar-refractivity contribution in [2.45, 2.75) is 51.2 Å². The quantitative estimate of drug-likeness (QED) is 0.860. The number of nitrogens with one attached hydrogen (secondary N) is 1. The minimum absolute atomic E-state index is 0.0459. The van der Waals surface area contributed by atoms with Crippen molar-refractivity contribution in [2.24, 2.45) is 0 Å². The van der Waals surface area contributed by atoms with Crippen LogP contribution in [0.2, 0.25) is 0 Å². The maximum absolute atomic E-state index is 11.3. The molecule has 0 aromatic carbocycles. The molecule has 0 saturated heterocycles. The zero-order valence-corrected chi connectivity index (χ0v) is 12.1. The Labute approximate surface area is 118 Å². The highest BCUT2D eigenvalue weighted by Crippen LogP contribution is 2.26. The van der Waals surface area contributed by atoms with Crippen LogP contribution in [0.3, 0.4) is 0 Å². The molecule has 1 saturated carbocycles. The van der Waals surface area contributed by atoms with Crippen molar-refractivity contribution in [1.29, 1.82) is 0 Å². The van der Waals surface area contributed by atoms with Gasteiger partial charge in [-0.1, -0.05) is 13.8 Å². The molecule has 2 atom stereocenters. The summed E-state index contributed by atoms with van der Waals surface area (Å²) < 4.78 is 5.32. The summed E-state index contributed by atoms with van der Waals surface area (Å²) in [5, 5.41) is 12.5. The van der Waals surface area contributed by atoms with Crippen LogP contribution in [0.25, 0.3) is 0 Å². The number of carboxylic acid groups (broad SMARTS) is 1. The Morgan fingerprint density at radius 2 is 2.25 bits per heavy atom. The lowest BCUT2D eigenvalue weighted by atomic mass is 10.2. The van der Waals surface area contributed by atoms with E-state index in [1.807, 2.05) is 13.8 Å². The average molecular weight is 279 g/mol. The highest BCUT2D eigenvalue weighted by atomic mass is 16.5. The zero-order valence-electron chi connectivity index (χ0n) is 12.1. The molecule has 1 aliphatic rings. The SMILES string of the molecule is COC1CCC(Nc2cnc(C(C)C)nc2C(=O)O)C1. The Morgan fingerprint density at radius 3 is 2.80 bits per heavy atom. The number of anilines is 1. The van der Waals surface area contributed by atoms with Crippen LogP contribution in [0.5, 0.6) is 0 Å². The number of carbonyl (C=O) groups is 1. The van der Waals surface area contributed by atoms with Crippen LogP contribution in [-0.4, -0.2) is 40.3 Å². The first-order valence-electron chi connectivity index (χ1n) is 6.90. The summed E-state index contributed by atoms with van der Waals surface area (Å²) in [5.74, 6) is -0.376. The van der Waals surface area contributed by atoms with Gasteiger partial charge >= 0.3 is 5.97 Å². The van der Waals surface area contributed by atoms with Gasteiger partial charge in [0.05, 0.1) is 18.0 Å². The van der Waals surface area contributed by atoms with Crippen molar-refractivity contribution in [1.82, 2.24) is 9.97 Å². The Balaban J connectivity index is 2.17. The summed E-state index contributed by atoms with van der Waals surface area (Å²) in [4.78, 5) is 19.7. The Hall–Kier alpha value is -1.69. The monoisotopic (exact) mass is 279 g/mol. The first kappa shape index (κ1) is 14.7. The van der Waals surface area contributed by atoms with E-state index in [1.165, 1.54) is 0 Å². The lowest BCUT2D eigenvalue weighted by Crippen LogP contribution is -2.20. The van der Waals surface area contributed by atoms with Gasteiger partial charge in [0.2, 0.25) is 0 Å². The molecule has 2 rings (SSSR count). The van der Waals surface area contributed by atoms with Crippen molar-refractivity contribution >= 4 is 11.7 Å². The molecule has 2 N–H and O–H groups in total. The molecule has 20 heavy (non-hydrogen) atoms. The predicted octanol–water partition coefficient (Wildman–Crippen LogP) is 2.28.